The molecule has 0 saturated carbocycles. The van der Waals surface area contributed by atoms with Crippen LogP contribution < -0.4 is 5.32 Å². The van der Waals surface area contributed by atoms with Crippen LogP contribution in [0.1, 0.15) is 26.3 Å². The Hall–Kier alpha value is -1.54. The Labute approximate surface area is 115 Å². The Morgan fingerprint density at radius 2 is 2.17 bits per heavy atom. The fourth-order valence-electron chi connectivity index (χ4n) is 1.14. The van der Waals surface area contributed by atoms with Crippen molar-refractivity contribution in [2.45, 2.75) is 27.3 Å². The molecule has 3 heteroatoms. The van der Waals surface area contributed by atoms with Gasteiger partial charge >= 0.3 is 0 Å². The second-order valence-corrected chi connectivity index (χ2v) is 3.57. The van der Waals surface area contributed by atoms with E-state index in [0.717, 1.165) is 17.8 Å². The number of nitrogens with zero attached hydrogens (tertiary/aromatic N) is 1. The molecule has 0 fully saturated rings. The van der Waals surface area contributed by atoms with Crippen molar-refractivity contribution in [2.75, 3.05) is 0 Å². The fraction of sp³-hybridized carbons (Fsp3) is 0.267. The minimum atomic E-state index is 0.515. The van der Waals surface area contributed by atoms with Crippen molar-refractivity contribution in [3.8, 4) is 0 Å². The molecule has 0 radical (unpaired) electrons. The van der Waals surface area contributed by atoms with Gasteiger partial charge in [-0.2, -0.15) is 0 Å². The maximum absolute atomic E-state index is 5.71. The lowest BCUT2D eigenvalue weighted by molar-refractivity contribution is 0.826. The van der Waals surface area contributed by atoms with E-state index >= 15 is 0 Å². The Morgan fingerprint density at radius 1 is 1.44 bits per heavy atom. The zero-order valence-electron chi connectivity index (χ0n) is 11.3. The van der Waals surface area contributed by atoms with Gasteiger partial charge in [0.2, 0.25) is 0 Å². The smallest absolute Gasteiger partial charge is 0.129 e. The number of hydrogen-bond acceptors (Lipinski definition) is 2. The molecule has 0 bridgehead atoms. The van der Waals surface area contributed by atoms with Crippen LogP contribution in [0.25, 0.3) is 0 Å². The zero-order valence-corrected chi connectivity index (χ0v) is 12.0. The fourth-order valence-corrected chi connectivity index (χ4v) is 1.26. The van der Waals surface area contributed by atoms with Gasteiger partial charge in [0.05, 0.1) is 0 Å². The number of hydrogen-bond donors (Lipinski definition) is 1. The van der Waals surface area contributed by atoms with Crippen molar-refractivity contribution < 1.29 is 0 Å². The maximum atomic E-state index is 5.71. The summed E-state index contributed by atoms with van der Waals surface area (Å²) in [6.07, 6.45) is 9.37. The number of rotatable bonds is 5. The molecule has 0 aliphatic heterocycles. The van der Waals surface area contributed by atoms with Gasteiger partial charge in [0.1, 0.15) is 5.15 Å². The van der Waals surface area contributed by atoms with E-state index in [4.69, 9.17) is 11.6 Å². The molecule has 0 atom stereocenters. The molecule has 1 aromatic heterocycles. The molecule has 1 N–H and O–H groups in total. The number of pyridine rings is 1. The molecule has 1 aromatic rings. The van der Waals surface area contributed by atoms with E-state index in [1.165, 1.54) is 0 Å². The van der Waals surface area contributed by atoms with Gasteiger partial charge in [-0.25, -0.2) is 4.98 Å². The SMILES string of the molecule is C=C/C=C\C(=C/C)NCc1ccc(Cl)nc1.CC. The molecule has 0 spiro atoms. The van der Waals surface area contributed by atoms with Crippen LogP contribution in [0.15, 0.2) is 54.9 Å². The summed E-state index contributed by atoms with van der Waals surface area (Å²) in [7, 11) is 0. The van der Waals surface area contributed by atoms with Crippen LogP contribution in [0, 0.1) is 0 Å². The van der Waals surface area contributed by atoms with E-state index in [9.17, 15) is 0 Å². The summed E-state index contributed by atoms with van der Waals surface area (Å²) in [6.45, 7) is 10.3. The number of halogens is 1. The first-order valence-corrected chi connectivity index (χ1v) is 6.43. The molecule has 98 valence electrons. The van der Waals surface area contributed by atoms with Crippen molar-refractivity contribution in [3.63, 3.8) is 0 Å². The summed E-state index contributed by atoms with van der Waals surface area (Å²) < 4.78 is 0. The molecule has 0 aromatic carbocycles. The highest BCUT2D eigenvalue weighted by atomic mass is 35.5. The third-order valence-corrected chi connectivity index (χ3v) is 2.23. The second kappa shape index (κ2) is 10.6. The van der Waals surface area contributed by atoms with E-state index in [1.54, 1.807) is 18.3 Å². The van der Waals surface area contributed by atoms with Crippen LogP contribution in [0.3, 0.4) is 0 Å². The van der Waals surface area contributed by atoms with Crippen molar-refractivity contribution >= 4 is 11.6 Å². The first-order valence-electron chi connectivity index (χ1n) is 6.06. The average Bonchev–Trinajstić information content (AvgIpc) is 2.43. The highest BCUT2D eigenvalue weighted by molar-refractivity contribution is 6.29. The summed E-state index contributed by atoms with van der Waals surface area (Å²) in [5, 5.41) is 3.80. The molecule has 1 rings (SSSR count). The summed E-state index contributed by atoms with van der Waals surface area (Å²) in [4.78, 5) is 4.02. The zero-order chi connectivity index (χ0) is 13.8. The number of nitrogens with one attached hydrogen (secondary N) is 1. The van der Waals surface area contributed by atoms with Gasteiger partial charge in [-0.15, -0.1) is 0 Å². The van der Waals surface area contributed by atoms with E-state index in [2.05, 4.69) is 16.9 Å². The van der Waals surface area contributed by atoms with Crippen LogP contribution in [0.5, 0.6) is 0 Å². The van der Waals surface area contributed by atoms with Crippen LogP contribution in [-0.4, -0.2) is 4.98 Å². The lowest BCUT2D eigenvalue weighted by atomic mass is 10.2. The molecule has 1 heterocycles. The van der Waals surface area contributed by atoms with Crippen LogP contribution in [0.4, 0.5) is 0 Å². The van der Waals surface area contributed by atoms with Crippen LogP contribution in [0.2, 0.25) is 5.15 Å². The molecule has 0 aliphatic rings. The molecular weight excluding hydrogens is 244 g/mol. The monoisotopic (exact) mass is 264 g/mol. The predicted octanol–water partition coefficient (Wildman–Crippen LogP) is 4.50. The van der Waals surface area contributed by atoms with Gasteiger partial charge in [0.25, 0.3) is 0 Å². The Kier molecular flexibility index (Phi) is 9.70. The van der Waals surface area contributed by atoms with Gasteiger partial charge < -0.3 is 5.32 Å². The summed E-state index contributed by atoms with van der Waals surface area (Å²) in [5.41, 5.74) is 2.14. The molecular formula is C15H21ClN2. The van der Waals surface area contributed by atoms with Crippen molar-refractivity contribution in [3.05, 3.63) is 65.6 Å². The second-order valence-electron chi connectivity index (χ2n) is 3.18. The molecule has 0 saturated heterocycles. The topological polar surface area (TPSA) is 24.9 Å². The van der Waals surface area contributed by atoms with Crippen molar-refractivity contribution in [1.29, 1.82) is 0 Å². The molecule has 2 nitrogen and oxygen atoms in total. The van der Waals surface area contributed by atoms with Crippen LogP contribution in [-0.2, 0) is 6.54 Å². The number of allylic oxidation sites excluding steroid dienone is 4. The molecule has 0 amide bonds. The largest absolute Gasteiger partial charge is 0.381 e. The lowest BCUT2D eigenvalue weighted by Crippen LogP contribution is -2.11. The first kappa shape index (κ1) is 16.5. The van der Waals surface area contributed by atoms with E-state index < -0.39 is 0 Å². The van der Waals surface area contributed by atoms with Crippen molar-refractivity contribution in [1.82, 2.24) is 10.3 Å². The quantitative estimate of drug-likeness (QED) is 0.626. The van der Waals surface area contributed by atoms with Gasteiger partial charge in [-0.05, 0) is 24.6 Å². The summed E-state index contributed by atoms with van der Waals surface area (Å²) >= 11 is 5.71. The molecule has 0 aliphatic carbocycles. The van der Waals surface area contributed by atoms with E-state index in [0.29, 0.717) is 5.15 Å². The third kappa shape index (κ3) is 6.92. The molecule has 18 heavy (non-hydrogen) atoms. The van der Waals surface area contributed by atoms with Crippen molar-refractivity contribution in [2.24, 2.45) is 0 Å². The standard InChI is InChI=1S/C13H15ClN2.C2H6/c1-3-5-6-12(4-2)15-9-11-7-8-13(14)16-10-11;1-2/h3-8,10,15H,1,9H2,2H3;1-2H3/b6-5-,12-4+;. The Balaban J connectivity index is 0.00000137. The van der Waals surface area contributed by atoms with Gasteiger partial charge in [0.15, 0.2) is 0 Å². The normalized spacial score (nSPS) is 10.8. The number of aromatic nitrogens is 1. The highest BCUT2D eigenvalue weighted by Crippen LogP contribution is 2.05. The minimum Gasteiger partial charge on any atom is -0.381 e. The minimum absolute atomic E-state index is 0.515. The average molecular weight is 265 g/mol. The van der Waals surface area contributed by atoms with E-state index in [1.807, 2.05) is 45.1 Å². The Bertz CT molecular complexity index is 391. The summed E-state index contributed by atoms with van der Waals surface area (Å²) in [6, 6.07) is 3.74. The lowest BCUT2D eigenvalue weighted by Gasteiger charge is -2.06. The predicted molar refractivity (Wildman–Crippen MR) is 80.5 cm³/mol. The van der Waals surface area contributed by atoms with E-state index in [-0.39, 0.29) is 0 Å². The third-order valence-electron chi connectivity index (χ3n) is 2.01. The Morgan fingerprint density at radius 3 is 2.67 bits per heavy atom. The van der Waals surface area contributed by atoms with Gasteiger partial charge in [0, 0.05) is 18.4 Å². The van der Waals surface area contributed by atoms with Crippen LogP contribution >= 0.6 is 11.6 Å². The van der Waals surface area contributed by atoms with Gasteiger partial charge in [-0.1, -0.05) is 56.3 Å². The molecule has 0 unspecified atom stereocenters. The highest BCUT2D eigenvalue weighted by Gasteiger charge is 1.94. The summed E-state index contributed by atoms with van der Waals surface area (Å²) in [5.74, 6) is 0. The first-order chi connectivity index (χ1) is 8.76. The maximum Gasteiger partial charge on any atom is 0.129 e. The van der Waals surface area contributed by atoms with Gasteiger partial charge in [-0.3, -0.25) is 0 Å².